The summed E-state index contributed by atoms with van der Waals surface area (Å²) in [6, 6.07) is 0. The second kappa shape index (κ2) is 11.9. The van der Waals surface area contributed by atoms with E-state index in [1.807, 2.05) is 0 Å². The largest absolute Gasteiger partial charge is 0.481 e. The molecule has 172 valence electrons. The summed E-state index contributed by atoms with van der Waals surface area (Å²) in [5, 5.41) is 8.77. The van der Waals surface area contributed by atoms with Crippen LogP contribution in [0.4, 0.5) is 0 Å². The van der Waals surface area contributed by atoms with Gasteiger partial charge in [0.15, 0.2) is 0 Å². The van der Waals surface area contributed by atoms with E-state index in [0.29, 0.717) is 42.7 Å². The highest BCUT2D eigenvalue weighted by Crippen LogP contribution is 2.56. The van der Waals surface area contributed by atoms with E-state index in [1.165, 1.54) is 56.5 Å². The molecular formula is C25H42O4S. The van der Waals surface area contributed by atoms with Crippen LogP contribution in [0.1, 0.15) is 91.4 Å². The topological polar surface area (TPSA) is 59.1 Å². The lowest BCUT2D eigenvalue weighted by Crippen LogP contribution is -2.33. The molecule has 6 atom stereocenters. The van der Waals surface area contributed by atoms with Gasteiger partial charge in [-0.2, -0.15) is 11.8 Å². The fraction of sp³-hybridized carbons (Fsp3) is 0.880. The summed E-state index contributed by atoms with van der Waals surface area (Å²) in [5.74, 6) is 3.03. The van der Waals surface area contributed by atoms with E-state index in [1.54, 1.807) is 11.1 Å². The summed E-state index contributed by atoms with van der Waals surface area (Å²) in [7, 11) is 0. The number of epoxide rings is 1. The second-order valence-electron chi connectivity index (χ2n) is 9.49. The zero-order chi connectivity index (χ0) is 21.5. The molecule has 0 radical (unpaired) electrons. The molecule has 5 heteroatoms. The number of rotatable bonds is 16. The van der Waals surface area contributed by atoms with Crippen molar-refractivity contribution in [2.45, 2.75) is 116 Å². The number of hydrogen-bond acceptors (Lipinski definition) is 4. The SMILES string of the molecule is CCCCC(C)=C(CC)CSCC[C@@H]1[C@H](CCCCCCC(=O)O)[C@H]2O[C@@H]1[C@H]1O[C@H]12. The first-order valence-corrected chi connectivity index (χ1v) is 13.5. The van der Waals surface area contributed by atoms with Gasteiger partial charge in [0, 0.05) is 12.2 Å². The van der Waals surface area contributed by atoms with Gasteiger partial charge in [-0.15, -0.1) is 0 Å². The monoisotopic (exact) mass is 438 g/mol. The van der Waals surface area contributed by atoms with Crippen molar-refractivity contribution in [1.82, 2.24) is 0 Å². The lowest BCUT2D eigenvalue weighted by molar-refractivity contribution is -0.137. The number of hydrogen-bond donors (Lipinski definition) is 1. The minimum absolute atomic E-state index is 0.306. The van der Waals surface area contributed by atoms with Crippen LogP contribution in [0.15, 0.2) is 11.1 Å². The van der Waals surface area contributed by atoms with Gasteiger partial charge >= 0.3 is 5.97 Å². The third kappa shape index (κ3) is 6.26. The van der Waals surface area contributed by atoms with Gasteiger partial charge < -0.3 is 14.6 Å². The van der Waals surface area contributed by atoms with Crippen molar-refractivity contribution in [2.75, 3.05) is 11.5 Å². The molecule has 4 nitrogen and oxygen atoms in total. The Morgan fingerprint density at radius 3 is 2.20 bits per heavy atom. The average molecular weight is 439 g/mol. The Kier molecular flexibility index (Phi) is 9.59. The molecule has 0 aromatic rings. The Balaban J connectivity index is 1.39. The van der Waals surface area contributed by atoms with Gasteiger partial charge in [-0.25, -0.2) is 0 Å². The summed E-state index contributed by atoms with van der Waals surface area (Å²) >= 11 is 2.11. The number of aliphatic carboxylic acids is 1. The van der Waals surface area contributed by atoms with Crippen molar-refractivity contribution >= 4 is 17.7 Å². The number of allylic oxidation sites excluding steroid dienone is 1. The summed E-state index contributed by atoms with van der Waals surface area (Å²) < 4.78 is 12.2. The fourth-order valence-electron chi connectivity index (χ4n) is 5.50. The number of carboxylic acid groups (broad SMARTS) is 1. The van der Waals surface area contributed by atoms with E-state index in [0.717, 1.165) is 19.3 Å². The van der Waals surface area contributed by atoms with Crippen molar-refractivity contribution < 1.29 is 19.4 Å². The third-order valence-electron chi connectivity index (χ3n) is 7.40. The summed E-state index contributed by atoms with van der Waals surface area (Å²) in [6.07, 6.45) is 13.4. The first-order chi connectivity index (χ1) is 14.6. The molecule has 3 saturated heterocycles. The van der Waals surface area contributed by atoms with Crippen LogP contribution in [0, 0.1) is 11.8 Å². The van der Waals surface area contributed by atoms with Crippen LogP contribution in [0.2, 0.25) is 0 Å². The highest BCUT2D eigenvalue weighted by atomic mass is 32.2. The number of carbonyl (C=O) groups is 1. The maximum atomic E-state index is 10.6. The maximum Gasteiger partial charge on any atom is 0.303 e. The number of thioether (sulfide) groups is 1. The Bertz CT molecular complexity index is 590. The van der Waals surface area contributed by atoms with Crippen molar-refractivity contribution in [3.8, 4) is 0 Å². The minimum Gasteiger partial charge on any atom is -0.481 e. The standard InChI is InChI=1S/C25H42O4S/c1-4-6-11-17(3)18(5-2)16-30-15-14-20-19(12-9-7-8-10-13-21(26)27)22-24-25(29-24)23(20)28-22/h19-20,22-25H,4-16H2,1-3H3,(H,26,27)/t19-,20+,22+,23-,24-,25+/m0/s1. The Labute approximate surface area is 187 Å². The van der Waals surface area contributed by atoms with Crippen LogP contribution >= 0.6 is 11.8 Å². The average Bonchev–Trinajstić information content (AvgIpc) is 3.35. The first-order valence-electron chi connectivity index (χ1n) is 12.3. The van der Waals surface area contributed by atoms with Crippen LogP contribution in [-0.4, -0.2) is 47.0 Å². The molecule has 0 amide bonds. The van der Waals surface area contributed by atoms with Crippen molar-refractivity contribution in [1.29, 1.82) is 0 Å². The highest BCUT2D eigenvalue weighted by molar-refractivity contribution is 7.99. The Hall–Kier alpha value is -0.520. The van der Waals surface area contributed by atoms with E-state index in [9.17, 15) is 4.79 Å². The predicted octanol–water partition coefficient (Wildman–Crippen LogP) is 6.23. The van der Waals surface area contributed by atoms with E-state index >= 15 is 0 Å². The van der Waals surface area contributed by atoms with Crippen LogP contribution in [0.25, 0.3) is 0 Å². The molecule has 0 saturated carbocycles. The van der Waals surface area contributed by atoms with Gasteiger partial charge in [0.2, 0.25) is 0 Å². The lowest BCUT2D eigenvalue weighted by Gasteiger charge is -2.26. The smallest absolute Gasteiger partial charge is 0.303 e. The van der Waals surface area contributed by atoms with Gasteiger partial charge in [-0.1, -0.05) is 50.7 Å². The molecule has 2 bridgehead atoms. The molecule has 30 heavy (non-hydrogen) atoms. The normalized spacial score (nSPS) is 32.2. The van der Waals surface area contributed by atoms with Gasteiger partial charge in [-0.3, -0.25) is 4.79 Å². The molecule has 3 rings (SSSR count). The quantitative estimate of drug-likeness (QED) is 0.176. The summed E-state index contributed by atoms with van der Waals surface area (Å²) in [4.78, 5) is 10.6. The number of carboxylic acids is 1. The minimum atomic E-state index is -0.673. The molecule has 3 aliphatic heterocycles. The number of fused-ring (bicyclic) bond motifs is 5. The third-order valence-corrected chi connectivity index (χ3v) is 8.48. The van der Waals surface area contributed by atoms with Crippen molar-refractivity contribution in [2.24, 2.45) is 11.8 Å². The summed E-state index contributed by atoms with van der Waals surface area (Å²) in [6.45, 7) is 6.90. The van der Waals surface area contributed by atoms with Gasteiger partial charge in [0.1, 0.15) is 12.2 Å². The van der Waals surface area contributed by atoms with Gasteiger partial charge in [-0.05, 0) is 63.0 Å². The Morgan fingerprint density at radius 2 is 1.53 bits per heavy atom. The lowest BCUT2D eigenvalue weighted by atomic mass is 9.75. The van der Waals surface area contributed by atoms with Crippen molar-refractivity contribution in [3.63, 3.8) is 0 Å². The molecule has 0 aliphatic carbocycles. The molecule has 3 fully saturated rings. The van der Waals surface area contributed by atoms with Crippen LogP contribution in [-0.2, 0) is 14.3 Å². The Morgan fingerprint density at radius 1 is 0.867 bits per heavy atom. The second-order valence-corrected chi connectivity index (χ2v) is 10.6. The van der Waals surface area contributed by atoms with Crippen LogP contribution in [0.3, 0.4) is 0 Å². The van der Waals surface area contributed by atoms with E-state index in [4.69, 9.17) is 14.6 Å². The zero-order valence-electron chi connectivity index (χ0n) is 19.2. The molecule has 1 N–H and O–H groups in total. The molecule has 3 aliphatic rings. The molecule has 0 unspecified atom stereocenters. The van der Waals surface area contributed by atoms with Crippen LogP contribution < -0.4 is 0 Å². The van der Waals surface area contributed by atoms with Gasteiger partial charge in [0.25, 0.3) is 0 Å². The van der Waals surface area contributed by atoms with Crippen LogP contribution in [0.5, 0.6) is 0 Å². The highest BCUT2D eigenvalue weighted by Gasteiger charge is 2.68. The molecule has 0 spiro atoms. The first kappa shape index (κ1) is 24.1. The predicted molar refractivity (Wildman–Crippen MR) is 124 cm³/mol. The molecule has 3 heterocycles. The fourth-order valence-corrected chi connectivity index (χ4v) is 6.78. The molecular weight excluding hydrogens is 396 g/mol. The number of unbranched alkanes of at least 4 members (excludes halogenated alkanes) is 4. The molecule has 0 aromatic carbocycles. The van der Waals surface area contributed by atoms with Crippen molar-refractivity contribution in [3.05, 3.63) is 11.1 Å². The summed E-state index contributed by atoms with van der Waals surface area (Å²) in [5.41, 5.74) is 3.27. The maximum absolute atomic E-state index is 10.6. The van der Waals surface area contributed by atoms with Gasteiger partial charge in [0.05, 0.1) is 12.2 Å². The van der Waals surface area contributed by atoms with E-state index in [-0.39, 0.29) is 0 Å². The molecule has 0 aromatic heterocycles. The zero-order valence-corrected chi connectivity index (χ0v) is 20.1. The van der Waals surface area contributed by atoms with E-state index in [2.05, 4.69) is 32.5 Å². The number of ether oxygens (including phenoxy) is 2. The van der Waals surface area contributed by atoms with E-state index < -0.39 is 5.97 Å².